The number of amides is 1. The van der Waals surface area contributed by atoms with Gasteiger partial charge in [0.05, 0.1) is 17.5 Å². The summed E-state index contributed by atoms with van der Waals surface area (Å²) in [7, 11) is 0. The molecule has 0 unspecified atom stereocenters. The molecular weight excluding hydrogens is 344 g/mol. The number of nitrogens with one attached hydrogen (secondary N) is 2. The average molecular weight is 364 g/mol. The van der Waals surface area contributed by atoms with Gasteiger partial charge in [-0.25, -0.2) is 0 Å². The number of aromatic nitrogens is 2. The molecule has 1 aromatic heterocycles. The molecule has 0 aliphatic heterocycles. The summed E-state index contributed by atoms with van der Waals surface area (Å²) in [6.45, 7) is 4.44. The summed E-state index contributed by atoms with van der Waals surface area (Å²) in [6, 6.07) is 8.09. The highest BCUT2D eigenvalue weighted by molar-refractivity contribution is 8.02. The maximum absolute atomic E-state index is 12.0. The van der Waals surface area contributed by atoms with E-state index in [1.54, 1.807) is 0 Å². The van der Waals surface area contributed by atoms with Gasteiger partial charge in [0.1, 0.15) is 5.75 Å². The molecule has 0 spiro atoms. The lowest BCUT2D eigenvalue weighted by atomic mass is 10.3. The van der Waals surface area contributed by atoms with E-state index < -0.39 is 0 Å². The number of nitrogens with zero attached hydrogens (tertiary/aromatic N) is 2. The molecular formula is C16H20N4O2S2. The fraction of sp³-hybridized carbons (Fsp3) is 0.438. The molecule has 1 aromatic carbocycles. The minimum atomic E-state index is -0.179. The van der Waals surface area contributed by atoms with E-state index in [1.807, 2.05) is 38.1 Å². The van der Waals surface area contributed by atoms with Crippen molar-refractivity contribution in [2.75, 3.05) is 11.9 Å². The monoisotopic (exact) mass is 364 g/mol. The van der Waals surface area contributed by atoms with Gasteiger partial charge in [0.15, 0.2) is 4.34 Å². The fourth-order valence-corrected chi connectivity index (χ4v) is 3.94. The maximum Gasteiger partial charge on any atom is 0.233 e. The molecule has 128 valence electrons. The van der Waals surface area contributed by atoms with Gasteiger partial charge in [0.2, 0.25) is 11.0 Å². The largest absolute Gasteiger partial charge is 0.492 e. The zero-order chi connectivity index (χ0) is 16.9. The Labute approximate surface area is 149 Å². The molecule has 1 aliphatic carbocycles. The van der Waals surface area contributed by atoms with Gasteiger partial charge in [-0.3, -0.25) is 4.79 Å². The lowest BCUT2D eigenvalue weighted by molar-refractivity contribution is -0.120. The van der Waals surface area contributed by atoms with Gasteiger partial charge in [0.25, 0.3) is 0 Å². The molecule has 1 aliphatic rings. The molecule has 1 fully saturated rings. The first-order chi connectivity index (χ1) is 11.7. The van der Waals surface area contributed by atoms with Crippen LogP contribution in [0.3, 0.4) is 0 Å². The molecule has 1 amide bonds. The number of hydrogen-bond donors (Lipinski definition) is 2. The van der Waals surface area contributed by atoms with Crippen molar-refractivity contribution in [3.63, 3.8) is 0 Å². The van der Waals surface area contributed by atoms with Crippen LogP contribution in [0, 0.1) is 0 Å². The number of thioether (sulfide) groups is 1. The smallest absolute Gasteiger partial charge is 0.233 e. The van der Waals surface area contributed by atoms with Crippen molar-refractivity contribution in [3.8, 4) is 5.75 Å². The van der Waals surface area contributed by atoms with Gasteiger partial charge < -0.3 is 15.4 Å². The number of hydrogen-bond acceptors (Lipinski definition) is 7. The van der Waals surface area contributed by atoms with E-state index in [0.717, 1.165) is 28.6 Å². The summed E-state index contributed by atoms with van der Waals surface area (Å²) in [5, 5.41) is 15.0. The highest BCUT2D eigenvalue weighted by Gasteiger charge is 2.26. The number of carbonyl (C=O) groups excluding carboxylic acids is 1. The lowest BCUT2D eigenvalue weighted by Crippen LogP contribution is -2.32. The number of carbonyl (C=O) groups is 1. The van der Waals surface area contributed by atoms with Crippen LogP contribution in [-0.4, -0.2) is 34.0 Å². The third-order valence-corrected chi connectivity index (χ3v) is 5.43. The first-order valence-electron chi connectivity index (χ1n) is 7.95. The number of anilines is 2. The predicted molar refractivity (Wildman–Crippen MR) is 97.3 cm³/mol. The van der Waals surface area contributed by atoms with Crippen LogP contribution in [0.25, 0.3) is 0 Å². The van der Waals surface area contributed by atoms with Crippen molar-refractivity contribution < 1.29 is 9.53 Å². The van der Waals surface area contributed by atoms with E-state index in [0.29, 0.717) is 17.8 Å². The van der Waals surface area contributed by atoms with Crippen LogP contribution < -0.4 is 15.4 Å². The van der Waals surface area contributed by atoms with E-state index in [2.05, 4.69) is 20.8 Å². The Balaban J connectivity index is 1.60. The highest BCUT2D eigenvalue weighted by atomic mass is 32.2. The van der Waals surface area contributed by atoms with Crippen LogP contribution in [0.2, 0.25) is 0 Å². The summed E-state index contributed by atoms with van der Waals surface area (Å²) >= 11 is 2.86. The third-order valence-electron chi connectivity index (χ3n) is 3.41. The molecule has 0 saturated heterocycles. The third kappa shape index (κ3) is 4.61. The zero-order valence-corrected chi connectivity index (χ0v) is 15.2. The summed E-state index contributed by atoms with van der Waals surface area (Å²) < 4.78 is 6.36. The Morgan fingerprint density at radius 2 is 2.21 bits per heavy atom. The summed E-state index contributed by atoms with van der Waals surface area (Å²) in [6.07, 6.45) is 2.19. The van der Waals surface area contributed by atoms with E-state index in [9.17, 15) is 4.79 Å². The van der Waals surface area contributed by atoms with Gasteiger partial charge in [-0.15, -0.1) is 10.2 Å². The van der Waals surface area contributed by atoms with Crippen LogP contribution in [-0.2, 0) is 4.79 Å². The number of benzene rings is 1. The van der Waals surface area contributed by atoms with Gasteiger partial charge >= 0.3 is 0 Å². The molecule has 2 aromatic rings. The molecule has 1 atom stereocenters. The number of rotatable bonds is 8. The van der Waals surface area contributed by atoms with Gasteiger partial charge in [-0.05, 0) is 38.8 Å². The molecule has 2 N–H and O–H groups in total. The highest BCUT2D eigenvalue weighted by Crippen LogP contribution is 2.33. The molecule has 24 heavy (non-hydrogen) atoms. The van der Waals surface area contributed by atoms with Crippen LogP contribution in [0.4, 0.5) is 10.8 Å². The minimum Gasteiger partial charge on any atom is -0.492 e. The zero-order valence-electron chi connectivity index (χ0n) is 13.6. The topological polar surface area (TPSA) is 76.1 Å². The van der Waals surface area contributed by atoms with Gasteiger partial charge in [-0.1, -0.05) is 35.2 Å². The molecule has 8 heteroatoms. The molecule has 0 radical (unpaired) electrons. The van der Waals surface area contributed by atoms with E-state index in [-0.39, 0.29) is 11.2 Å². The summed E-state index contributed by atoms with van der Waals surface area (Å²) in [5.41, 5.74) is 0.853. The first-order valence-corrected chi connectivity index (χ1v) is 9.64. The minimum absolute atomic E-state index is 0.0638. The van der Waals surface area contributed by atoms with Crippen molar-refractivity contribution in [2.24, 2.45) is 0 Å². The van der Waals surface area contributed by atoms with Crippen LogP contribution in [0.1, 0.15) is 26.7 Å². The summed E-state index contributed by atoms with van der Waals surface area (Å²) in [4.78, 5) is 12.0. The molecule has 1 saturated carbocycles. The van der Waals surface area contributed by atoms with Crippen LogP contribution >= 0.6 is 23.1 Å². The van der Waals surface area contributed by atoms with Crippen molar-refractivity contribution in [1.82, 2.24) is 15.5 Å². The van der Waals surface area contributed by atoms with Crippen molar-refractivity contribution in [2.45, 2.75) is 42.3 Å². The van der Waals surface area contributed by atoms with Gasteiger partial charge in [-0.2, -0.15) is 0 Å². The van der Waals surface area contributed by atoms with Crippen LogP contribution in [0.15, 0.2) is 28.6 Å². The predicted octanol–water partition coefficient (Wildman–Crippen LogP) is 3.44. The van der Waals surface area contributed by atoms with E-state index in [4.69, 9.17) is 4.74 Å². The standard InChI is InChI=1S/C16H20N4O2S2/c1-3-22-13-7-5-4-6-12(13)18-15-19-20-16(24-15)23-10(2)14(21)17-11-8-9-11/h4-7,10-11H,3,8-9H2,1-2H3,(H,17,21)(H,18,19)/t10-/m0/s1. The number of para-hydroxylation sites is 2. The van der Waals surface area contributed by atoms with E-state index in [1.165, 1.54) is 23.1 Å². The maximum atomic E-state index is 12.0. The SMILES string of the molecule is CCOc1ccccc1Nc1nnc(S[C@@H](C)C(=O)NC2CC2)s1. The normalized spacial score (nSPS) is 14.9. The Kier molecular flexibility index (Phi) is 5.57. The lowest BCUT2D eigenvalue weighted by Gasteiger charge is -2.09. The molecule has 0 bridgehead atoms. The first kappa shape index (κ1) is 17.0. The van der Waals surface area contributed by atoms with Crippen LogP contribution in [0.5, 0.6) is 5.75 Å². The van der Waals surface area contributed by atoms with E-state index >= 15 is 0 Å². The Morgan fingerprint density at radius 1 is 1.42 bits per heavy atom. The average Bonchev–Trinajstić information content (AvgIpc) is 3.28. The molecule has 3 rings (SSSR count). The molecule has 6 nitrogen and oxygen atoms in total. The van der Waals surface area contributed by atoms with Crippen molar-refractivity contribution in [3.05, 3.63) is 24.3 Å². The second-order valence-electron chi connectivity index (χ2n) is 5.47. The van der Waals surface area contributed by atoms with Gasteiger partial charge in [0, 0.05) is 6.04 Å². The second kappa shape index (κ2) is 7.85. The fourth-order valence-electron chi connectivity index (χ4n) is 2.03. The summed E-state index contributed by atoms with van der Waals surface area (Å²) in [5.74, 6) is 0.843. The number of ether oxygens (including phenoxy) is 1. The van der Waals surface area contributed by atoms with Crippen molar-refractivity contribution >= 4 is 39.8 Å². The molecule has 1 heterocycles. The quantitative estimate of drug-likeness (QED) is 0.699. The van der Waals surface area contributed by atoms with Crippen molar-refractivity contribution in [1.29, 1.82) is 0 Å². The Bertz CT molecular complexity index is 703. The Hall–Kier alpha value is -1.80. The Morgan fingerprint density at radius 3 is 2.96 bits per heavy atom. The second-order valence-corrected chi connectivity index (χ2v) is 8.04.